The third-order valence-electron chi connectivity index (χ3n) is 7.39. The Morgan fingerprint density at radius 1 is 0.829 bits per heavy atom. The monoisotopic (exact) mass is 471 g/mol. The van der Waals surface area contributed by atoms with Gasteiger partial charge >= 0.3 is 0 Å². The van der Waals surface area contributed by atoms with Gasteiger partial charge < -0.3 is 9.80 Å². The van der Waals surface area contributed by atoms with E-state index in [1.54, 1.807) is 12.4 Å². The molecule has 182 valence electrons. The first-order valence-corrected chi connectivity index (χ1v) is 12.7. The van der Waals surface area contributed by atoms with Gasteiger partial charge in [-0.1, -0.05) is 36.5 Å². The van der Waals surface area contributed by atoms with Gasteiger partial charge in [-0.3, -0.25) is 24.4 Å². The Labute approximate surface area is 207 Å². The Kier molecular flexibility index (Phi) is 7.41. The van der Waals surface area contributed by atoms with Gasteiger partial charge in [0.25, 0.3) is 5.91 Å². The molecule has 1 aromatic heterocycles. The molecule has 7 heteroatoms. The number of hydrogen-bond donors (Lipinski definition) is 0. The van der Waals surface area contributed by atoms with Crippen molar-refractivity contribution in [3.63, 3.8) is 0 Å². The van der Waals surface area contributed by atoms with Crippen molar-refractivity contribution in [1.82, 2.24) is 24.6 Å². The number of aromatic nitrogens is 1. The molecule has 3 fully saturated rings. The van der Waals surface area contributed by atoms with Crippen molar-refractivity contribution in [3.05, 3.63) is 65.5 Å². The van der Waals surface area contributed by atoms with Crippen LogP contribution in [-0.2, 0) is 4.79 Å². The lowest BCUT2D eigenvalue weighted by Gasteiger charge is -2.43. The number of nitrogens with zero attached hydrogens (tertiary/aromatic N) is 5. The molecule has 0 spiro atoms. The van der Waals surface area contributed by atoms with Crippen molar-refractivity contribution >= 4 is 11.8 Å². The van der Waals surface area contributed by atoms with Crippen LogP contribution in [0.3, 0.4) is 0 Å². The third-order valence-corrected chi connectivity index (χ3v) is 7.39. The lowest BCUT2D eigenvalue weighted by Crippen LogP contribution is -2.56. The number of carbonyl (C=O) groups excluding carboxylic acids is 2. The fraction of sp³-hybridized carbons (Fsp3) is 0.464. The molecule has 0 bridgehead atoms. The molecule has 0 radical (unpaired) electrons. The molecule has 2 aromatic rings. The summed E-state index contributed by atoms with van der Waals surface area (Å²) < 4.78 is 0. The van der Waals surface area contributed by atoms with E-state index in [9.17, 15) is 9.59 Å². The van der Waals surface area contributed by atoms with Gasteiger partial charge in [-0.25, -0.2) is 0 Å². The minimum Gasteiger partial charge on any atom is -0.339 e. The van der Waals surface area contributed by atoms with Crippen LogP contribution in [0.5, 0.6) is 0 Å². The largest absolute Gasteiger partial charge is 0.339 e. The minimum absolute atomic E-state index is 0.0287. The maximum absolute atomic E-state index is 13.1. The zero-order valence-corrected chi connectivity index (χ0v) is 20.2. The van der Waals surface area contributed by atoms with Crippen molar-refractivity contribution in [3.8, 4) is 11.8 Å². The molecular weight excluding hydrogens is 438 g/mol. The van der Waals surface area contributed by atoms with Crippen molar-refractivity contribution in [2.75, 3.05) is 58.9 Å². The van der Waals surface area contributed by atoms with Crippen LogP contribution in [0, 0.1) is 11.8 Å². The van der Waals surface area contributed by atoms with Crippen LogP contribution in [-0.4, -0.2) is 101 Å². The van der Waals surface area contributed by atoms with Crippen LogP contribution in [0.4, 0.5) is 0 Å². The van der Waals surface area contributed by atoms with E-state index in [1.807, 2.05) is 46.2 Å². The molecule has 3 aliphatic rings. The summed E-state index contributed by atoms with van der Waals surface area (Å²) in [6, 6.07) is 12.3. The lowest BCUT2D eigenvalue weighted by atomic mass is 9.91. The van der Waals surface area contributed by atoms with Crippen LogP contribution in [0.1, 0.15) is 40.7 Å². The van der Waals surface area contributed by atoms with E-state index in [0.29, 0.717) is 38.3 Å². The highest BCUT2D eigenvalue weighted by Gasteiger charge is 2.30. The van der Waals surface area contributed by atoms with E-state index in [-0.39, 0.29) is 11.8 Å². The predicted molar refractivity (Wildman–Crippen MR) is 135 cm³/mol. The van der Waals surface area contributed by atoms with E-state index in [4.69, 9.17) is 0 Å². The van der Waals surface area contributed by atoms with E-state index in [0.717, 1.165) is 43.3 Å². The molecule has 7 nitrogen and oxygen atoms in total. The Balaban J connectivity index is 1.09. The fourth-order valence-electron chi connectivity index (χ4n) is 4.96. The number of amides is 2. The van der Waals surface area contributed by atoms with Crippen molar-refractivity contribution < 1.29 is 9.59 Å². The molecular formula is C28H33N5O2. The Morgan fingerprint density at radius 2 is 1.51 bits per heavy atom. The van der Waals surface area contributed by atoms with Crippen LogP contribution in [0.15, 0.2) is 48.8 Å². The molecule has 1 aliphatic carbocycles. The van der Waals surface area contributed by atoms with E-state index < -0.39 is 0 Å². The van der Waals surface area contributed by atoms with Crippen molar-refractivity contribution in [1.29, 1.82) is 0 Å². The van der Waals surface area contributed by atoms with Gasteiger partial charge in [-0.15, -0.1) is 0 Å². The predicted octanol–water partition coefficient (Wildman–Crippen LogP) is 1.94. The first-order chi connectivity index (χ1) is 17.2. The second-order valence-corrected chi connectivity index (χ2v) is 9.65. The topological polar surface area (TPSA) is 60.0 Å². The Bertz CT molecular complexity index is 1090. The normalized spacial score (nSPS) is 19.5. The molecule has 2 saturated heterocycles. The maximum atomic E-state index is 13.1. The molecule has 35 heavy (non-hydrogen) atoms. The zero-order valence-electron chi connectivity index (χ0n) is 20.2. The Morgan fingerprint density at radius 3 is 2.20 bits per heavy atom. The Hall–Kier alpha value is -3.21. The van der Waals surface area contributed by atoms with Crippen LogP contribution < -0.4 is 0 Å². The summed E-state index contributed by atoms with van der Waals surface area (Å²) >= 11 is 0. The molecule has 5 rings (SSSR count). The molecule has 0 N–H and O–H groups in total. The average Bonchev–Trinajstić information content (AvgIpc) is 2.88. The molecule has 3 heterocycles. The number of rotatable bonds is 4. The molecule has 1 saturated carbocycles. The molecule has 2 aliphatic heterocycles. The molecule has 0 atom stereocenters. The zero-order chi connectivity index (χ0) is 24.0. The summed E-state index contributed by atoms with van der Waals surface area (Å²) in [7, 11) is 0. The van der Waals surface area contributed by atoms with Gasteiger partial charge in [0.2, 0.25) is 5.91 Å². The van der Waals surface area contributed by atoms with Crippen LogP contribution >= 0.6 is 0 Å². The summed E-state index contributed by atoms with van der Waals surface area (Å²) in [5, 5.41) is 0. The number of piperazine rings is 2. The maximum Gasteiger partial charge on any atom is 0.255 e. The number of pyridine rings is 1. The van der Waals surface area contributed by atoms with Gasteiger partial charge in [0.1, 0.15) is 0 Å². The van der Waals surface area contributed by atoms with Gasteiger partial charge in [0.05, 0.1) is 12.1 Å². The van der Waals surface area contributed by atoms with E-state index in [2.05, 4.69) is 26.6 Å². The van der Waals surface area contributed by atoms with Crippen LogP contribution in [0.25, 0.3) is 0 Å². The summed E-state index contributed by atoms with van der Waals surface area (Å²) in [6.07, 6.45) is 7.27. The summed E-state index contributed by atoms with van der Waals surface area (Å²) in [5.74, 6) is 6.39. The number of hydrogen-bond acceptors (Lipinski definition) is 5. The lowest BCUT2D eigenvalue weighted by molar-refractivity contribution is -0.135. The highest BCUT2D eigenvalue weighted by Crippen LogP contribution is 2.25. The van der Waals surface area contributed by atoms with Crippen molar-refractivity contribution in [2.45, 2.75) is 25.3 Å². The van der Waals surface area contributed by atoms with Crippen molar-refractivity contribution in [2.24, 2.45) is 0 Å². The third kappa shape index (κ3) is 5.90. The number of benzene rings is 1. The fourth-order valence-corrected chi connectivity index (χ4v) is 4.96. The smallest absolute Gasteiger partial charge is 0.255 e. The first-order valence-electron chi connectivity index (χ1n) is 12.7. The summed E-state index contributed by atoms with van der Waals surface area (Å²) in [5.41, 5.74) is 2.20. The van der Waals surface area contributed by atoms with Gasteiger partial charge in [0, 0.05) is 81.9 Å². The second-order valence-electron chi connectivity index (χ2n) is 9.65. The summed E-state index contributed by atoms with van der Waals surface area (Å²) in [6.45, 7) is 6.76. The molecule has 0 unspecified atom stereocenters. The summed E-state index contributed by atoms with van der Waals surface area (Å²) in [4.78, 5) is 38.7. The minimum atomic E-state index is -0.0287. The molecule has 2 amide bonds. The first kappa shape index (κ1) is 23.5. The van der Waals surface area contributed by atoms with Crippen LogP contribution in [0.2, 0.25) is 0 Å². The van der Waals surface area contributed by atoms with Gasteiger partial charge in [-0.05, 0) is 31.0 Å². The van der Waals surface area contributed by atoms with Gasteiger partial charge in [0.15, 0.2) is 0 Å². The highest BCUT2D eigenvalue weighted by molar-refractivity contribution is 5.94. The highest BCUT2D eigenvalue weighted by atomic mass is 16.2. The SMILES string of the molecule is O=C(CN1CCN(C(=O)c2cncc(C#Cc3ccccc3)c2)CC1)N1CCN(C2CCC2)CC1. The quantitative estimate of drug-likeness (QED) is 0.638. The van der Waals surface area contributed by atoms with E-state index >= 15 is 0 Å². The second kappa shape index (κ2) is 11.0. The average molecular weight is 472 g/mol. The number of carbonyl (C=O) groups is 2. The van der Waals surface area contributed by atoms with Gasteiger partial charge in [-0.2, -0.15) is 0 Å². The standard InChI is InChI=1S/C28H33N5O2/c34-27(32-17-15-31(16-18-32)26-7-4-8-26)22-30-11-13-33(14-12-30)28(35)25-19-24(20-29-21-25)10-9-23-5-2-1-3-6-23/h1-3,5-6,19-21,26H,4,7-8,11-18,22H2. The van der Waals surface area contributed by atoms with E-state index in [1.165, 1.54) is 19.3 Å². The molecule has 1 aromatic carbocycles.